The highest BCUT2D eigenvalue weighted by Crippen LogP contribution is 2.22. The zero-order valence-corrected chi connectivity index (χ0v) is 9.65. The molecular formula is C10H14BrN3. The number of rotatable bonds is 2. The Morgan fingerprint density at radius 3 is 2.86 bits per heavy atom. The second-order valence-electron chi connectivity index (χ2n) is 3.55. The molecular weight excluding hydrogens is 242 g/mol. The van der Waals surface area contributed by atoms with Crippen molar-refractivity contribution in [1.82, 2.24) is 9.97 Å². The molecule has 0 spiro atoms. The largest absolute Gasteiger partial charge is 0.337 e. The van der Waals surface area contributed by atoms with Crippen LogP contribution in [0.4, 0.5) is 5.95 Å². The molecule has 0 radical (unpaired) electrons. The smallest absolute Gasteiger partial charge is 0.225 e. The van der Waals surface area contributed by atoms with Crippen LogP contribution in [-0.4, -0.2) is 27.9 Å². The molecule has 76 valence electrons. The highest BCUT2D eigenvalue weighted by Gasteiger charge is 2.22. The van der Waals surface area contributed by atoms with E-state index in [0.29, 0.717) is 6.04 Å². The number of aromatic nitrogens is 2. The molecule has 1 atom stereocenters. The molecule has 2 heterocycles. The van der Waals surface area contributed by atoms with E-state index in [9.17, 15) is 0 Å². The predicted octanol–water partition coefficient (Wildman–Crippen LogP) is 2.23. The van der Waals surface area contributed by atoms with Crippen molar-refractivity contribution in [2.45, 2.75) is 25.3 Å². The molecule has 0 aromatic carbocycles. The van der Waals surface area contributed by atoms with Crippen LogP contribution >= 0.6 is 15.9 Å². The molecule has 14 heavy (non-hydrogen) atoms. The lowest BCUT2D eigenvalue weighted by Crippen LogP contribution is -2.41. The Morgan fingerprint density at radius 1 is 1.36 bits per heavy atom. The summed E-state index contributed by atoms with van der Waals surface area (Å²) in [5.41, 5.74) is 0. The molecule has 2 rings (SSSR count). The number of nitrogens with zero attached hydrogens (tertiary/aromatic N) is 3. The van der Waals surface area contributed by atoms with Crippen LogP contribution in [0.25, 0.3) is 0 Å². The van der Waals surface area contributed by atoms with Crippen molar-refractivity contribution in [2.75, 3.05) is 16.8 Å². The van der Waals surface area contributed by atoms with Crippen molar-refractivity contribution in [3.63, 3.8) is 0 Å². The second-order valence-corrected chi connectivity index (χ2v) is 4.19. The summed E-state index contributed by atoms with van der Waals surface area (Å²) in [5, 5.41) is 1.01. The third kappa shape index (κ3) is 2.05. The first kappa shape index (κ1) is 9.90. The number of hydrogen-bond acceptors (Lipinski definition) is 3. The van der Waals surface area contributed by atoms with Crippen LogP contribution in [0.15, 0.2) is 18.5 Å². The molecule has 0 amide bonds. The van der Waals surface area contributed by atoms with Gasteiger partial charge in [0.1, 0.15) is 0 Å². The Hall–Kier alpha value is -0.640. The molecule has 0 aliphatic carbocycles. The number of piperidine rings is 1. The Kier molecular flexibility index (Phi) is 3.35. The zero-order valence-electron chi connectivity index (χ0n) is 8.06. The van der Waals surface area contributed by atoms with Gasteiger partial charge in [0.15, 0.2) is 0 Å². The maximum Gasteiger partial charge on any atom is 0.225 e. The monoisotopic (exact) mass is 255 g/mol. The molecule has 0 N–H and O–H groups in total. The molecule has 4 heteroatoms. The summed E-state index contributed by atoms with van der Waals surface area (Å²) >= 11 is 3.55. The first-order valence-electron chi connectivity index (χ1n) is 5.01. The van der Waals surface area contributed by atoms with E-state index in [2.05, 4.69) is 30.8 Å². The van der Waals surface area contributed by atoms with Crippen molar-refractivity contribution in [3.8, 4) is 0 Å². The van der Waals surface area contributed by atoms with Crippen molar-refractivity contribution < 1.29 is 0 Å². The summed E-state index contributed by atoms with van der Waals surface area (Å²) in [7, 11) is 0. The zero-order chi connectivity index (χ0) is 9.80. The summed E-state index contributed by atoms with van der Waals surface area (Å²) in [6.45, 7) is 1.08. The normalized spacial score (nSPS) is 22.4. The minimum absolute atomic E-state index is 0.561. The number of alkyl halides is 1. The topological polar surface area (TPSA) is 29.0 Å². The van der Waals surface area contributed by atoms with Gasteiger partial charge in [0.25, 0.3) is 0 Å². The van der Waals surface area contributed by atoms with Crippen LogP contribution < -0.4 is 4.90 Å². The van der Waals surface area contributed by atoms with Gasteiger partial charge in [-0.25, -0.2) is 9.97 Å². The molecule has 1 saturated heterocycles. The Morgan fingerprint density at radius 2 is 2.14 bits per heavy atom. The van der Waals surface area contributed by atoms with Gasteiger partial charge in [0, 0.05) is 30.3 Å². The Balaban J connectivity index is 2.15. The molecule has 1 unspecified atom stereocenters. The molecule has 3 nitrogen and oxygen atoms in total. The summed E-state index contributed by atoms with van der Waals surface area (Å²) in [5.74, 6) is 0.872. The molecule has 1 aromatic heterocycles. The van der Waals surface area contributed by atoms with E-state index in [4.69, 9.17) is 0 Å². The maximum atomic E-state index is 4.29. The fraction of sp³-hybridized carbons (Fsp3) is 0.600. The van der Waals surface area contributed by atoms with Crippen LogP contribution in [0.2, 0.25) is 0 Å². The summed E-state index contributed by atoms with van der Waals surface area (Å²) in [4.78, 5) is 10.9. The number of hydrogen-bond donors (Lipinski definition) is 0. The van der Waals surface area contributed by atoms with Gasteiger partial charge in [-0.3, -0.25) is 0 Å². The maximum absolute atomic E-state index is 4.29. The second kappa shape index (κ2) is 4.73. The van der Waals surface area contributed by atoms with Crippen LogP contribution in [0.1, 0.15) is 19.3 Å². The van der Waals surface area contributed by atoms with Gasteiger partial charge in [-0.2, -0.15) is 0 Å². The fourth-order valence-corrected chi connectivity index (χ4v) is 2.54. The number of anilines is 1. The third-order valence-corrected chi connectivity index (χ3v) is 3.36. The highest BCUT2D eigenvalue weighted by molar-refractivity contribution is 9.09. The lowest BCUT2D eigenvalue weighted by molar-refractivity contribution is 0.483. The fourth-order valence-electron chi connectivity index (χ4n) is 1.86. The average molecular weight is 256 g/mol. The van der Waals surface area contributed by atoms with E-state index in [1.54, 1.807) is 0 Å². The average Bonchev–Trinajstić information content (AvgIpc) is 2.30. The molecule has 1 aliphatic heterocycles. The first-order chi connectivity index (χ1) is 6.92. The molecule has 1 fully saturated rings. The lowest BCUT2D eigenvalue weighted by Gasteiger charge is -2.34. The Labute approximate surface area is 92.7 Å². The van der Waals surface area contributed by atoms with Gasteiger partial charge in [-0.1, -0.05) is 15.9 Å². The molecule has 1 aromatic rings. The summed E-state index contributed by atoms with van der Waals surface area (Å²) in [6, 6.07) is 2.42. The van der Waals surface area contributed by atoms with E-state index < -0.39 is 0 Å². The van der Waals surface area contributed by atoms with Gasteiger partial charge in [0.05, 0.1) is 0 Å². The van der Waals surface area contributed by atoms with Crippen molar-refractivity contribution in [3.05, 3.63) is 18.5 Å². The third-order valence-electron chi connectivity index (χ3n) is 2.61. The molecule has 0 saturated carbocycles. The standard InChI is InChI=1S/C10H14BrN3/c11-8-9-4-1-2-7-14(9)10-12-5-3-6-13-10/h3,5-6,9H,1-2,4,7-8H2. The van der Waals surface area contributed by atoms with E-state index >= 15 is 0 Å². The van der Waals surface area contributed by atoms with Crippen LogP contribution in [0, 0.1) is 0 Å². The summed E-state index contributed by atoms with van der Waals surface area (Å²) < 4.78 is 0. The van der Waals surface area contributed by atoms with Crippen molar-refractivity contribution in [1.29, 1.82) is 0 Å². The van der Waals surface area contributed by atoms with Gasteiger partial charge in [0.2, 0.25) is 5.95 Å². The van der Waals surface area contributed by atoms with Crippen molar-refractivity contribution in [2.24, 2.45) is 0 Å². The summed E-state index contributed by atoms with van der Waals surface area (Å²) in [6.07, 6.45) is 7.43. The number of halogens is 1. The molecule has 1 aliphatic rings. The van der Waals surface area contributed by atoms with Gasteiger partial charge >= 0.3 is 0 Å². The van der Waals surface area contributed by atoms with Gasteiger partial charge < -0.3 is 4.90 Å². The lowest BCUT2D eigenvalue weighted by atomic mass is 10.0. The van der Waals surface area contributed by atoms with Gasteiger partial charge in [-0.05, 0) is 25.3 Å². The quantitative estimate of drug-likeness (QED) is 0.760. The minimum atomic E-state index is 0.561. The van der Waals surface area contributed by atoms with Crippen LogP contribution in [0.3, 0.4) is 0 Å². The Bertz CT molecular complexity index is 278. The van der Waals surface area contributed by atoms with E-state index in [1.807, 2.05) is 18.5 Å². The van der Waals surface area contributed by atoms with Crippen molar-refractivity contribution >= 4 is 21.9 Å². The van der Waals surface area contributed by atoms with E-state index in [-0.39, 0.29) is 0 Å². The van der Waals surface area contributed by atoms with Crippen LogP contribution in [0.5, 0.6) is 0 Å². The highest BCUT2D eigenvalue weighted by atomic mass is 79.9. The van der Waals surface area contributed by atoms with Gasteiger partial charge in [-0.15, -0.1) is 0 Å². The van der Waals surface area contributed by atoms with E-state index in [1.165, 1.54) is 19.3 Å². The molecule has 0 bridgehead atoms. The van der Waals surface area contributed by atoms with E-state index in [0.717, 1.165) is 17.8 Å². The SMILES string of the molecule is BrCC1CCCCN1c1ncccn1. The first-order valence-corrected chi connectivity index (χ1v) is 6.13. The predicted molar refractivity (Wildman–Crippen MR) is 60.8 cm³/mol. The minimum Gasteiger partial charge on any atom is -0.337 e. The van der Waals surface area contributed by atoms with Crippen LogP contribution in [-0.2, 0) is 0 Å².